The zero-order valence-corrected chi connectivity index (χ0v) is 18.2. The Morgan fingerprint density at radius 1 is 1.00 bits per heavy atom. The lowest BCUT2D eigenvalue weighted by Crippen LogP contribution is -2.33. The predicted octanol–water partition coefficient (Wildman–Crippen LogP) is 3.18. The molecule has 2 aromatic heterocycles. The minimum Gasteiger partial charge on any atom is -0.370 e. The molecule has 3 N–H and O–H groups in total. The number of halogens is 1. The Morgan fingerprint density at radius 2 is 1.82 bits per heavy atom. The van der Waals surface area contributed by atoms with Crippen molar-refractivity contribution in [3.63, 3.8) is 0 Å². The Bertz CT molecular complexity index is 832. The average Bonchev–Trinajstić information content (AvgIpc) is 3.15. The quantitative estimate of drug-likeness (QED) is 0.274. The van der Waals surface area contributed by atoms with Crippen LogP contribution < -0.4 is 11.1 Å². The lowest BCUT2D eigenvalue weighted by molar-refractivity contribution is 0.611. The van der Waals surface area contributed by atoms with Crippen LogP contribution in [0.15, 0.2) is 72.1 Å². The summed E-state index contributed by atoms with van der Waals surface area (Å²) in [4.78, 5) is 13.1. The van der Waals surface area contributed by atoms with Crippen molar-refractivity contribution >= 4 is 29.9 Å². The molecule has 0 aliphatic carbocycles. The summed E-state index contributed by atoms with van der Waals surface area (Å²) in [6.07, 6.45) is 8.54. The van der Waals surface area contributed by atoms with Crippen LogP contribution in [0.3, 0.4) is 0 Å². The maximum absolute atomic E-state index is 5.96. The first-order valence-corrected chi connectivity index (χ1v) is 9.29. The van der Waals surface area contributed by atoms with Gasteiger partial charge in [0.25, 0.3) is 0 Å². The highest BCUT2D eigenvalue weighted by atomic mass is 127. The number of rotatable bonds is 9. The van der Waals surface area contributed by atoms with E-state index in [0.29, 0.717) is 19.0 Å². The van der Waals surface area contributed by atoms with Gasteiger partial charge < -0.3 is 15.6 Å². The Morgan fingerprint density at radius 3 is 2.61 bits per heavy atom. The number of pyridine rings is 1. The van der Waals surface area contributed by atoms with E-state index in [2.05, 4.69) is 49.1 Å². The zero-order valence-electron chi connectivity index (χ0n) is 15.9. The van der Waals surface area contributed by atoms with Crippen molar-refractivity contribution in [1.29, 1.82) is 0 Å². The Kier molecular flexibility index (Phi) is 9.47. The molecule has 148 valence electrons. The van der Waals surface area contributed by atoms with Crippen molar-refractivity contribution in [1.82, 2.24) is 19.9 Å². The summed E-state index contributed by atoms with van der Waals surface area (Å²) in [5, 5.41) is 3.13. The number of aromatic nitrogens is 3. The van der Waals surface area contributed by atoms with Gasteiger partial charge in [-0.3, -0.25) is 4.98 Å². The van der Waals surface area contributed by atoms with Crippen LogP contribution in [-0.2, 0) is 25.9 Å². The van der Waals surface area contributed by atoms with Crippen LogP contribution in [0.5, 0.6) is 0 Å². The number of nitrogens with zero attached hydrogens (tertiary/aromatic N) is 4. The molecule has 2 heterocycles. The van der Waals surface area contributed by atoms with Gasteiger partial charge in [-0.05, 0) is 30.5 Å². The normalized spacial score (nSPS) is 11.1. The highest BCUT2D eigenvalue weighted by molar-refractivity contribution is 14.0. The van der Waals surface area contributed by atoms with Crippen molar-refractivity contribution in [3.05, 3.63) is 84.2 Å². The third-order valence-corrected chi connectivity index (χ3v) is 4.31. The average molecular weight is 490 g/mol. The van der Waals surface area contributed by atoms with E-state index in [0.717, 1.165) is 37.3 Å². The SMILES string of the molecule is I.NC(=NCc1nccn1CCCc1ccccc1)NCCc1ccccn1. The van der Waals surface area contributed by atoms with Gasteiger partial charge in [-0.1, -0.05) is 36.4 Å². The molecule has 0 spiro atoms. The van der Waals surface area contributed by atoms with E-state index in [-0.39, 0.29) is 24.0 Å². The van der Waals surface area contributed by atoms with E-state index in [4.69, 9.17) is 5.73 Å². The molecule has 28 heavy (non-hydrogen) atoms. The largest absolute Gasteiger partial charge is 0.370 e. The molecule has 0 fully saturated rings. The van der Waals surface area contributed by atoms with E-state index >= 15 is 0 Å². The number of imidazole rings is 1. The summed E-state index contributed by atoms with van der Waals surface area (Å²) in [6.45, 7) is 2.10. The smallest absolute Gasteiger partial charge is 0.189 e. The van der Waals surface area contributed by atoms with Crippen LogP contribution in [0, 0.1) is 0 Å². The van der Waals surface area contributed by atoms with E-state index in [1.165, 1.54) is 5.56 Å². The molecule has 0 aliphatic rings. The van der Waals surface area contributed by atoms with Crippen molar-refractivity contribution in [2.24, 2.45) is 10.7 Å². The van der Waals surface area contributed by atoms with Gasteiger partial charge in [0.2, 0.25) is 0 Å². The molecular formula is C21H27IN6. The van der Waals surface area contributed by atoms with Crippen molar-refractivity contribution < 1.29 is 0 Å². The van der Waals surface area contributed by atoms with Crippen LogP contribution in [0.25, 0.3) is 0 Å². The van der Waals surface area contributed by atoms with Crippen molar-refractivity contribution in [3.8, 4) is 0 Å². The maximum atomic E-state index is 5.96. The van der Waals surface area contributed by atoms with E-state index in [1.54, 1.807) is 6.20 Å². The number of aryl methyl sites for hydroxylation is 2. The van der Waals surface area contributed by atoms with Crippen LogP contribution in [0.1, 0.15) is 23.5 Å². The summed E-state index contributed by atoms with van der Waals surface area (Å²) in [5.74, 6) is 1.36. The lowest BCUT2D eigenvalue weighted by Gasteiger charge is -2.08. The Labute approximate surface area is 183 Å². The van der Waals surface area contributed by atoms with Crippen LogP contribution in [0.4, 0.5) is 0 Å². The summed E-state index contributed by atoms with van der Waals surface area (Å²) in [5.41, 5.74) is 8.36. The molecule has 3 aromatic rings. The molecule has 0 unspecified atom stereocenters. The Hall–Kier alpha value is -2.42. The first-order chi connectivity index (χ1) is 13.3. The molecule has 0 amide bonds. The second-order valence-electron chi connectivity index (χ2n) is 6.33. The van der Waals surface area contributed by atoms with Crippen molar-refractivity contribution in [2.45, 2.75) is 32.4 Å². The van der Waals surface area contributed by atoms with Gasteiger partial charge in [0.15, 0.2) is 5.96 Å². The van der Waals surface area contributed by atoms with Crippen LogP contribution in [0.2, 0.25) is 0 Å². The van der Waals surface area contributed by atoms with Crippen LogP contribution >= 0.6 is 24.0 Å². The molecule has 0 atom stereocenters. The maximum Gasteiger partial charge on any atom is 0.189 e. The van der Waals surface area contributed by atoms with Crippen LogP contribution in [-0.4, -0.2) is 27.0 Å². The van der Waals surface area contributed by atoms with Crippen molar-refractivity contribution in [2.75, 3.05) is 6.54 Å². The fraction of sp³-hybridized carbons (Fsp3) is 0.286. The summed E-state index contributed by atoms with van der Waals surface area (Å²) >= 11 is 0. The fourth-order valence-electron chi connectivity index (χ4n) is 2.87. The molecule has 1 aromatic carbocycles. The molecule has 0 radical (unpaired) electrons. The molecule has 6 nitrogen and oxygen atoms in total. The van der Waals surface area contributed by atoms with Gasteiger partial charge in [-0.2, -0.15) is 0 Å². The number of nitrogens with one attached hydrogen (secondary N) is 1. The highest BCUT2D eigenvalue weighted by Crippen LogP contribution is 2.06. The monoisotopic (exact) mass is 490 g/mol. The molecule has 7 heteroatoms. The number of benzene rings is 1. The minimum absolute atomic E-state index is 0. The number of hydrogen-bond acceptors (Lipinski definition) is 3. The number of guanidine groups is 1. The third kappa shape index (κ3) is 7.30. The van der Waals surface area contributed by atoms with Gasteiger partial charge in [0, 0.05) is 43.8 Å². The van der Waals surface area contributed by atoms with E-state index in [9.17, 15) is 0 Å². The second-order valence-corrected chi connectivity index (χ2v) is 6.33. The molecule has 3 rings (SSSR count). The van der Waals surface area contributed by atoms with Gasteiger partial charge in [0.1, 0.15) is 12.4 Å². The number of nitrogens with two attached hydrogens (primary N) is 1. The predicted molar refractivity (Wildman–Crippen MR) is 124 cm³/mol. The van der Waals surface area contributed by atoms with E-state index in [1.807, 2.05) is 36.7 Å². The first kappa shape index (κ1) is 21.9. The number of aliphatic imine (C=N–C) groups is 1. The van der Waals surface area contributed by atoms with E-state index < -0.39 is 0 Å². The van der Waals surface area contributed by atoms with Gasteiger partial charge in [0.05, 0.1) is 0 Å². The Balaban J connectivity index is 0.00000280. The lowest BCUT2D eigenvalue weighted by atomic mass is 10.1. The topological polar surface area (TPSA) is 81.1 Å². The fourth-order valence-corrected chi connectivity index (χ4v) is 2.87. The second kappa shape index (κ2) is 12.1. The third-order valence-electron chi connectivity index (χ3n) is 4.31. The molecular weight excluding hydrogens is 463 g/mol. The summed E-state index contributed by atoms with van der Waals surface area (Å²) in [7, 11) is 0. The minimum atomic E-state index is 0. The molecule has 0 saturated carbocycles. The summed E-state index contributed by atoms with van der Waals surface area (Å²) in [6, 6.07) is 16.4. The van der Waals surface area contributed by atoms with Gasteiger partial charge in [-0.25, -0.2) is 9.98 Å². The zero-order chi connectivity index (χ0) is 18.7. The molecule has 0 bridgehead atoms. The number of hydrogen-bond donors (Lipinski definition) is 2. The molecule has 0 saturated heterocycles. The standard InChI is InChI=1S/C21H26N6.HI/c22-21(25-13-11-19-10-4-5-12-23-19)26-17-20-24-14-16-27(20)15-6-9-18-7-2-1-3-8-18;/h1-5,7-8,10,12,14,16H,6,9,11,13,15,17H2,(H3,22,25,26);1H. The highest BCUT2D eigenvalue weighted by Gasteiger charge is 2.03. The molecule has 0 aliphatic heterocycles. The summed E-state index contributed by atoms with van der Waals surface area (Å²) < 4.78 is 2.15. The van der Waals surface area contributed by atoms with Gasteiger partial charge in [-0.15, -0.1) is 24.0 Å². The first-order valence-electron chi connectivity index (χ1n) is 9.29. The van der Waals surface area contributed by atoms with Gasteiger partial charge >= 0.3 is 0 Å².